The summed E-state index contributed by atoms with van der Waals surface area (Å²) in [5.74, 6) is -1.13. The average Bonchev–Trinajstić information content (AvgIpc) is 2.28. The van der Waals surface area contributed by atoms with Gasteiger partial charge < -0.3 is 10.5 Å². The fourth-order valence-electron chi connectivity index (χ4n) is 2.39. The summed E-state index contributed by atoms with van der Waals surface area (Å²) in [6.45, 7) is 4.38. The molecule has 0 radical (unpaired) electrons. The predicted octanol–water partition coefficient (Wildman–Crippen LogP) is 1.69. The van der Waals surface area contributed by atoms with Gasteiger partial charge in [0, 0.05) is 31.7 Å². The van der Waals surface area contributed by atoms with Crippen LogP contribution in [0, 0.1) is 11.6 Å². The molecule has 1 aliphatic rings. The topological polar surface area (TPSA) is 38.5 Å². The van der Waals surface area contributed by atoms with E-state index in [0.717, 1.165) is 19.2 Å². The molecule has 1 heterocycles. The van der Waals surface area contributed by atoms with Gasteiger partial charge in [-0.25, -0.2) is 8.78 Å². The van der Waals surface area contributed by atoms with Crippen molar-refractivity contribution in [3.05, 3.63) is 35.4 Å². The summed E-state index contributed by atoms with van der Waals surface area (Å²) in [5.41, 5.74) is 6.34. The van der Waals surface area contributed by atoms with Crippen LogP contribution in [-0.2, 0) is 4.74 Å². The van der Waals surface area contributed by atoms with Crippen LogP contribution in [0.25, 0.3) is 0 Å². The molecule has 100 valence electrons. The Morgan fingerprint density at radius 2 is 2.06 bits per heavy atom. The molecular weight excluding hydrogens is 238 g/mol. The lowest BCUT2D eigenvalue weighted by Crippen LogP contribution is -2.45. The Kier molecular flexibility index (Phi) is 4.27. The monoisotopic (exact) mass is 256 g/mol. The summed E-state index contributed by atoms with van der Waals surface area (Å²) >= 11 is 0. The molecule has 18 heavy (non-hydrogen) atoms. The van der Waals surface area contributed by atoms with Crippen molar-refractivity contribution >= 4 is 0 Å². The fraction of sp³-hybridized carbons (Fsp3) is 0.538. The molecule has 2 rings (SSSR count). The summed E-state index contributed by atoms with van der Waals surface area (Å²) in [7, 11) is 0. The number of hydrogen-bond acceptors (Lipinski definition) is 3. The van der Waals surface area contributed by atoms with Crippen LogP contribution < -0.4 is 5.73 Å². The second kappa shape index (κ2) is 5.73. The normalized spacial score (nSPS) is 23.0. The van der Waals surface area contributed by atoms with Crippen LogP contribution in [-0.4, -0.2) is 37.2 Å². The number of ether oxygens (including phenoxy) is 1. The van der Waals surface area contributed by atoms with Crippen molar-refractivity contribution in [3.8, 4) is 0 Å². The van der Waals surface area contributed by atoms with Gasteiger partial charge in [-0.05, 0) is 24.6 Å². The van der Waals surface area contributed by atoms with Gasteiger partial charge >= 0.3 is 0 Å². The van der Waals surface area contributed by atoms with Gasteiger partial charge in [0.25, 0.3) is 0 Å². The molecule has 0 saturated carbocycles. The van der Waals surface area contributed by atoms with Gasteiger partial charge in [-0.3, -0.25) is 4.90 Å². The number of halogens is 2. The van der Waals surface area contributed by atoms with Gasteiger partial charge in [0.05, 0.1) is 12.7 Å². The summed E-state index contributed by atoms with van der Waals surface area (Å²) in [4.78, 5) is 2.11. The summed E-state index contributed by atoms with van der Waals surface area (Å²) in [6.07, 6.45) is 0.117. The largest absolute Gasteiger partial charge is 0.376 e. The smallest absolute Gasteiger partial charge is 0.126 e. The van der Waals surface area contributed by atoms with Crippen molar-refractivity contribution in [1.82, 2.24) is 4.90 Å². The summed E-state index contributed by atoms with van der Waals surface area (Å²) < 4.78 is 31.9. The minimum Gasteiger partial charge on any atom is -0.376 e. The molecule has 3 nitrogen and oxygen atoms in total. The highest BCUT2D eigenvalue weighted by molar-refractivity contribution is 5.22. The van der Waals surface area contributed by atoms with Crippen molar-refractivity contribution in [3.63, 3.8) is 0 Å². The van der Waals surface area contributed by atoms with E-state index in [1.165, 1.54) is 12.1 Å². The highest BCUT2D eigenvalue weighted by Crippen LogP contribution is 2.23. The molecular formula is C13H18F2N2O. The number of nitrogens with two attached hydrogens (primary N) is 1. The molecule has 2 atom stereocenters. The van der Waals surface area contributed by atoms with E-state index in [1.807, 2.05) is 6.92 Å². The number of nitrogens with zero attached hydrogens (tertiary/aromatic N) is 1. The third-order valence-corrected chi connectivity index (χ3v) is 3.21. The minimum absolute atomic E-state index is 0.117. The molecule has 5 heteroatoms. The first-order valence-corrected chi connectivity index (χ1v) is 6.12. The molecule has 1 saturated heterocycles. The van der Waals surface area contributed by atoms with E-state index < -0.39 is 11.6 Å². The second-order valence-electron chi connectivity index (χ2n) is 4.63. The minimum atomic E-state index is -0.565. The molecule has 2 unspecified atom stereocenters. The molecule has 1 aromatic carbocycles. The van der Waals surface area contributed by atoms with Crippen LogP contribution in [0.1, 0.15) is 18.5 Å². The first-order chi connectivity index (χ1) is 8.60. The van der Waals surface area contributed by atoms with Gasteiger partial charge in [0.15, 0.2) is 0 Å². The average molecular weight is 256 g/mol. The molecule has 0 aliphatic carbocycles. The van der Waals surface area contributed by atoms with Gasteiger partial charge in [-0.2, -0.15) is 0 Å². The first-order valence-electron chi connectivity index (χ1n) is 6.12. The van der Waals surface area contributed by atoms with Crippen molar-refractivity contribution in [1.29, 1.82) is 0 Å². The van der Waals surface area contributed by atoms with Crippen LogP contribution in [0.3, 0.4) is 0 Å². The zero-order valence-corrected chi connectivity index (χ0v) is 10.4. The number of morpholine rings is 1. The third-order valence-electron chi connectivity index (χ3n) is 3.21. The van der Waals surface area contributed by atoms with Crippen molar-refractivity contribution < 1.29 is 13.5 Å². The number of rotatable bonds is 3. The number of benzene rings is 1. The Bertz CT molecular complexity index is 394. The highest BCUT2D eigenvalue weighted by atomic mass is 19.1. The zero-order valence-electron chi connectivity index (χ0n) is 10.4. The maximum absolute atomic E-state index is 13.2. The predicted molar refractivity (Wildman–Crippen MR) is 65.1 cm³/mol. The van der Waals surface area contributed by atoms with E-state index in [0.29, 0.717) is 18.7 Å². The Balaban J connectivity index is 2.21. The van der Waals surface area contributed by atoms with Crippen molar-refractivity contribution in [2.24, 2.45) is 5.73 Å². The number of hydrogen-bond donors (Lipinski definition) is 1. The highest BCUT2D eigenvalue weighted by Gasteiger charge is 2.25. The fourth-order valence-corrected chi connectivity index (χ4v) is 2.39. The molecule has 1 aliphatic heterocycles. The van der Waals surface area contributed by atoms with Crippen LogP contribution >= 0.6 is 0 Å². The van der Waals surface area contributed by atoms with E-state index in [1.54, 1.807) is 0 Å². The Labute approximate surface area is 106 Å². The summed E-state index contributed by atoms with van der Waals surface area (Å²) in [6, 6.07) is 3.40. The van der Waals surface area contributed by atoms with Crippen LogP contribution in [0.5, 0.6) is 0 Å². The van der Waals surface area contributed by atoms with Gasteiger partial charge in [0.1, 0.15) is 11.6 Å². The third kappa shape index (κ3) is 3.04. The SMILES string of the molecule is CC1CN(C(CN)c2cc(F)cc(F)c2)CCO1. The molecule has 2 N–H and O–H groups in total. The zero-order chi connectivity index (χ0) is 13.1. The Morgan fingerprint density at radius 3 is 2.61 bits per heavy atom. The Morgan fingerprint density at radius 1 is 1.39 bits per heavy atom. The second-order valence-corrected chi connectivity index (χ2v) is 4.63. The lowest BCUT2D eigenvalue weighted by atomic mass is 10.0. The van der Waals surface area contributed by atoms with Gasteiger partial charge in [0.2, 0.25) is 0 Å². The first kappa shape index (κ1) is 13.4. The molecule has 0 aromatic heterocycles. The molecule has 0 amide bonds. The van der Waals surface area contributed by atoms with E-state index >= 15 is 0 Å². The van der Waals surface area contributed by atoms with Crippen LogP contribution in [0.2, 0.25) is 0 Å². The van der Waals surface area contributed by atoms with Crippen LogP contribution in [0.4, 0.5) is 8.78 Å². The maximum atomic E-state index is 13.2. The van der Waals surface area contributed by atoms with E-state index in [4.69, 9.17) is 10.5 Å². The van der Waals surface area contributed by atoms with Crippen molar-refractivity contribution in [2.75, 3.05) is 26.2 Å². The van der Waals surface area contributed by atoms with E-state index in [9.17, 15) is 8.78 Å². The van der Waals surface area contributed by atoms with Gasteiger partial charge in [-0.1, -0.05) is 0 Å². The summed E-state index contributed by atoms with van der Waals surface area (Å²) in [5, 5.41) is 0. The van der Waals surface area contributed by atoms with E-state index in [-0.39, 0.29) is 12.1 Å². The lowest BCUT2D eigenvalue weighted by molar-refractivity contribution is -0.0333. The molecule has 1 fully saturated rings. The quantitative estimate of drug-likeness (QED) is 0.894. The van der Waals surface area contributed by atoms with E-state index in [2.05, 4.69) is 4.90 Å². The lowest BCUT2D eigenvalue weighted by Gasteiger charge is -2.37. The molecule has 0 bridgehead atoms. The van der Waals surface area contributed by atoms with Crippen molar-refractivity contribution in [2.45, 2.75) is 19.1 Å². The molecule has 0 spiro atoms. The van der Waals surface area contributed by atoms with Crippen LogP contribution in [0.15, 0.2) is 18.2 Å². The standard InChI is InChI=1S/C13H18F2N2O/c1-9-8-17(2-3-18-9)13(7-16)10-4-11(14)6-12(15)5-10/h4-6,9,13H,2-3,7-8,16H2,1H3. The maximum Gasteiger partial charge on any atom is 0.126 e. The molecule has 1 aromatic rings. The van der Waals surface area contributed by atoms with Gasteiger partial charge in [-0.15, -0.1) is 0 Å². The Hall–Kier alpha value is -1.04.